The number of aliphatic hydroxyl groups is 1. The second-order valence-corrected chi connectivity index (χ2v) is 6.28. The summed E-state index contributed by atoms with van der Waals surface area (Å²) in [6.07, 6.45) is 1.46. The van der Waals surface area contributed by atoms with Gasteiger partial charge in [-0.05, 0) is 30.0 Å². The van der Waals surface area contributed by atoms with Gasteiger partial charge in [-0.2, -0.15) is 5.10 Å². The first kappa shape index (κ1) is 15.2. The average Bonchev–Trinajstić information content (AvgIpc) is 2.79. The van der Waals surface area contributed by atoms with Crippen LogP contribution in [0.1, 0.15) is 36.9 Å². The molecule has 0 saturated heterocycles. The SMILES string of the molecule is Cc1c(Br)cccc1C(O)Cc1ncnn1CC(C)C. The van der Waals surface area contributed by atoms with E-state index in [1.807, 2.05) is 29.8 Å². The lowest BCUT2D eigenvalue weighted by atomic mass is 10.0. The summed E-state index contributed by atoms with van der Waals surface area (Å²) < 4.78 is 2.89. The highest BCUT2D eigenvalue weighted by Gasteiger charge is 2.16. The van der Waals surface area contributed by atoms with Gasteiger partial charge in [-0.25, -0.2) is 9.67 Å². The van der Waals surface area contributed by atoms with Crippen molar-refractivity contribution in [3.05, 3.63) is 46.0 Å². The largest absolute Gasteiger partial charge is 0.388 e. The van der Waals surface area contributed by atoms with Crippen molar-refractivity contribution in [3.8, 4) is 0 Å². The van der Waals surface area contributed by atoms with Gasteiger partial charge < -0.3 is 5.11 Å². The Morgan fingerprint density at radius 3 is 2.80 bits per heavy atom. The highest BCUT2D eigenvalue weighted by Crippen LogP contribution is 2.26. The number of benzene rings is 1. The van der Waals surface area contributed by atoms with Gasteiger partial charge in [0.15, 0.2) is 0 Å². The van der Waals surface area contributed by atoms with E-state index in [0.717, 1.165) is 28.0 Å². The lowest BCUT2D eigenvalue weighted by molar-refractivity contribution is 0.172. The van der Waals surface area contributed by atoms with Crippen LogP contribution in [0.15, 0.2) is 29.0 Å². The van der Waals surface area contributed by atoms with E-state index in [2.05, 4.69) is 39.9 Å². The first-order valence-electron chi connectivity index (χ1n) is 6.78. The summed E-state index contributed by atoms with van der Waals surface area (Å²) >= 11 is 3.50. The summed E-state index contributed by atoms with van der Waals surface area (Å²) in [7, 11) is 0. The van der Waals surface area contributed by atoms with Crippen LogP contribution in [0.2, 0.25) is 0 Å². The number of aliphatic hydroxyl groups excluding tert-OH is 1. The predicted octanol–water partition coefficient (Wildman–Crippen LogP) is 3.28. The Kier molecular flexibility index (Phi) is 4.94. The van der Waals surface area contributed by atoms with Crippen molar-refractivity contribution in [2.24, 2.45) is 5.92 Å². The van der Waals surface area contributed by atoms with Crippen molar-refractivity contribution in [2.45, 2.75) is 39.8 Å². The molecule has 20 heavy (non-hydrogen) atoms. The molecule has 1 aromatic carbocycles. The summed E-state index contributed by atoms with van der Waals surface area (Å²) in [6.45, 7) is 7.10. The molecule has 0 amide bonds. The summed E-state index contributed by atoms with van der Waals surface area (Å²) in [5.41, 5.74) is 1.99. The third-order valence-electron chi connectivity index (χ3n) is 3.28. The Labute approximate surface area is 128 Å². The van der Waals surface area contributed by atoms with E-state index in [0.29, 0.717) is 12.3 Å². The second kappa shape index (κ2) is 6.50. The molecular weight excluding hydrogens is 318 g/mol. The van der Waals surface area contributed by atoms with Crippen LogP contribution >= 0.6 is 15.9 Å². The molecule has 5 heteroatoms. The van der Waals surface area contributed by atoms with Gasteiger partial charge in [0.1, 0.15) is 12.2 Å². The highest BCUT2D eigenvalue weighted by molar-refractivity contribution is 9.10. The van der Waals surface area contributed by atoms with E-state index in [4.69, 9.17) is 0 Å². The topological polar surface area (TPSA) is 50.9 Å². The lowest BCUT2D eigenvalue weighted by Crippen LogP contribution is -2.14. The van der Waals surface area contributed by atoms with Crippen molar-refractivity contribution in [3.63, 3.8) is 0 Å². The zero-order valence-electron chi connectivity index (χ0n) is 12.0. The third-order valence-corrected chi connectivity index (χ3v) is 4.14. The van der Waals surface area contributed by atoms with Crippen LogP contribution in [0.25, 0.3) is 0 Å². The maximum Gasteiger partial charge on any atom is 0.138 e. The van der Waals surface area contributed by atoms with Gasteiger partial charge in [0.2, 0.25) is 0 Å². The predicted molar refractivity (Wildman–Crippen MR) is 82.4 cm³/mol. The smallest absolute Gasteiger partial charge is 0.138 e. The quantitative estimate of drug-likeness (QED) is 0.910. The van der Waals surface area contributed by atoms with Crippen molar-refractivity contribution < 1.29 is 5.11 Å². The minimum atomic E-state index is -0.567. The Morgan fingerprint density at radius 2 is 2.10 bits per heavy atom. The zero-order chi connectivity index (χ0) is 14.7. The molecule has 2 aromatic rings. The Hall–Kier alpha value is -1.20. The van der Waals surface area contributed by atoms with Crippen LogP contribution in [0.5, 0.6) is 0 Å². The van der Waals surface area contributed by atoms with Gasteiger partial charge in [-0.3, -0.25) is 0 Å². The molecular formula is C15H20BrN3O. The van der Waals surface area contributed by atoms with E-state index in [-0.39, 0.29) is 0 Å². The first-order valence-corrected chi connectivity index (χ1v) is 7.58. The van der Waals surface area contributed by atoms with Crippen molar-refractivity contribution in [2.75, 3.05) is 0 Å². The number of hydrogen-bond acceptors (Lipinski definition) is 3. The molecule has 2 rings (SSSR count). The number of rotatable bonds is 5. The molecule has 1 aromatic heterocycles. The van der Waals surface area contributed by atoms with Crippen LogP contribution in [0, 0.1) is 12.8 Å². The molecule has 1 N–H and O–H groups in total. The van der Waals surface area contributed by atoms with Crippen LogP contribution in [0.4, 0.5) is 0 Å². The van der Waals surface area contributed by atoms with Crippen molar-refractivity contribution in [1.29, 1.82) is 0 Å². The second-order valence-electron chi connectivity index (χ2n) is 5.43. The van der Waals surface area contributed by atoms with Gasteiger partial charge >= 0.3 is 0 Å². The number of hydrogen-bond donors (Lipinski definition) is 1. The molecule has 0 aliphatic heterocycles. The molecule has 0 radical (unpaired) electrons. The maximum atomic E-state index is 10.5. The first-order chi connectivity index (χ1) is 9.49. The van der Waals surface area contributed by atoms with Gasteiger partial charge in [0.05, 0.1) is 6.10 Å². The minimum absolute atomic E-state index is 0.476. The molecule has 0 saturated carbocycles. The summed E-state index contributed by atoms with van der Waals surface area (Å²) in [4.78, 5) is 4.27. The highest BCUT2D eigenvalue weighted by atomic mass is 79.9. The summed E-state index contributed by atoms with van der Waals surface area (Å²) in [6, 6.07) is 5.87. The minimum Gasteiger partial charge on any atom is -0.388 e. The van der Waals surface area contributed by atoms with E-state index < -0.39 is 6.10 Å². The van der Waals surface area contributed by atoms with Crippen LogP contribution in [-0.2, 0) is 13.0 Å². The lowest BCUT2D eigenvalue weighted by Gasteiger charge is -2.15. The number of nitrogens with zero attached hydrogens (tertiary/aromatic N) is 3. The molecule has 1 atom stereocenters. The van der Waals surface area contributed by atoms with Crippen LogP contribution in [-0.4, -0.2) is 19.9 Å². The van der Waals surface area contributed by atoms with Gasteiger partial charge in [0, 0.05) is 17.4 Å². The van der Waals surface area contributed by atoms with Gasteiger partial charge in [-0.1, -0.05) is 41.9 Å². The molecule has 4 nitrogen and oxygen atoms in total. The third kappa shape index (κ3) is 3.46. The molecule has 1 heterocycles. The number of halogens is 1. The molecule has 0 bridgehead atoms. The Morgan fingerprint density at radius 1 is 1.35 bits per heavy atom. The van der Waals surface area contributed by atoms with Crippen LogP contribution < -0.4 is 0 Å². The fourth-order valence-electron chi connectivity index (χ4n) is 2.21. The van der Waals surface area contributed by atoms with E-state index in [1.54, 1.807) is 6.33 Å². The van der Waals surface area contributed by atoms with Gasteiger partial charge in [-0.15, -0.1) is 0 Å². The molecule has 0 aliphatic rings. The van der Waals surface area contributed by atoms with E-state index in [1.165, 1.54) is 0 Å². The standard InChI is InChI=1S/C15H20BrN3O/c1-10(2)8-19-15(17-9-18-19)7-14(20)12-5-4-6-13(16)11(12)3/h4-6,9-10,14,20H,7-8H2,1-3H3. The number of aromatic nitrogens is 3. The molecule has 1 unspecified atom stereocenters. The zero-order valence-corrected chi connectivity index (χ0v) is 13.6. The fourth-order valence-corrected chi connectivity index (χ4v) is 2.59. The maximum absolute atomic E-state index is 10.5. The van der Waals surface area contributed by atoms with Crippen molar-refractivity contribution in [1.82, 2.24) is 14.8 Å². The van der Waals surface area contributed by atoms with E-state index >= 15 is 0 Å². The van der Waals surface area contributed by atoms with Crippen molar-refractivity contribution >= 4 is 15.9 Å². The molecule has 0 spiro atoms. The average molecular weight is 338 g/mol. The molecule has 108 valence electrons. The fraction of sp³-hybridized carbons (Fsp3) is 0.467. The van der Waals surface area contributed by atoms with E-state index in [9.17, 15) is 5.11 Å². The normalized spacial score (nSPS) is 12.9. The van der Waals surface area contributed by atoms with Crippen LogP contribution in [0.3, 0.4) is 0 Å². The monoisotopic (exact) mass is 337 g/mol. The summed E-state index contributed by atoms with van der Waals surface area (Å²) in [5.74, 6) is 1.32. The Bertz CT molecular complexity index is 580. The molecule has 0 aliphatic carbocycles. The summed E-state index contributed by atoms with van der Waals surface area (Å²) in [5, 5.41) is 14.7. The molecule has 0 fully saturated rings. The van der Waals surface area contributed by atoms with Gasteiger partial charge in [0.25, 0.3) is 0 Å². The Balaban J connectivity index is 2.17.